The zero-order valence-electron chi connectivity index (χ0n) is 15.3. The predicted octanol–water partition coefficient (Wildman–Crippen LogP) is 2.83. The summed E-state index contributed by atoms with van der Waals surface area (Å²) in [6.07, 6.45) is 1.06. The van der Waals surface area contributed by atoms with Gasteiger partial charge in [-0.3, -0.25) is 9.59 Å². The van der Waals surface area contributed by atoms with Gasteiger partial charge < -0.3 is 15.4 Å². The van der Waals surface area contributed by atoms with Crippen LogP contribution in [0.3, 0.4) is 0 Å². The Labute approximate surface area is 165 Å². The Morgan fingerprint density at radius 1 is 1.07 bits per heavy atom. The van der Waals surface area contributed by atoms with Crippen molar-refractivity contribution in [3.8, 4) is 5.75 Å². The van der Waals surface area contributed by atoms with E-state index in [9.17, 15) is 9.59 Å². The van der Waals surface area contributed by atoms with Crippen molar-refractivity contribution in [1.82, 2.24) is 10.6 Å². The van der Waals surface area contributed by atoms with E-state index in [4.69, 9.17) is 4.74 Å². The van der Waals surface area contributed by atoms with Crippen molar-refractivity contribution in [2.45, 2.75) is 19.4 Å². The summed E-state index contributed by atoms with van der Waals surface area (Å²) in [6.45, 7) is 3.91. The molecule has 5 nitrogen and oxygen atoms in total. The highest BCUT2D eigenvalue weighted by molar-refractivity contribution is 6.08. The highest BCUT2D eigenvalue weighted by Gasteiger charge is 2.22. The molecule has 0 spiro atoms. The molecule has 0 radical (unpaired) electrons. The molecule has 6 heteroatoms. The Morgan fingerprint density at radius 3 is 2.41 bits per heavy atom. The van der Waals surface area contributed by atoms with Crippen molar-refractivity contribution in [1.29, 1.82) is 0 Å². The van der Waals surface area contributed by atoms with Gasteiger partial charge in [-0.05, 0) is 43.1 Å². The van der Waals surface area contributed by atoms with Gasteiger partial charge in [0, 0.05) is 23.7 Å². The van der Waals surface area contributed by atoms with Crippen LogP contribution >= 0.6 is 12.4 Å². The summed E-state index contributed by atoms with van der Waals surface area (Å²) in [7, 11) is 0. The lowest BCUT2D eigenvalue weighted by molar-refractivity contribution is -0.124. The van der Waals surface area contributed by atoms with Crippen molar-refractivity contribution in [2.75, 3.05) is 19.7 Å². The first-order valence-electron chi connectivity index (χ1n) is 8.96. The molecule has 2 unspecified atom stereocenters. The minimum atomic E-state index is -0.130. The highest BCUT2D eigenvalue weighted by Crippen LogP contribution is 2.16. The summed E-state index contributed by atoms with van der Waals surface area (Å²) >= 11 is 0. The highest BCUT2D eigenvalue weighted by atomic mass is 35.5. The number of amides is 1. The molecule has 1 saturated heterocycles. The maximum Gasteiger partial charge on any atom is 0.258 e. The number of halogens is 1. The second-order valence-corrected chi connectivity index (χ2v) is 6.65. The summed E-state index contributed by atoms with van der Waals surface area (Å²) in [5, 5.41) is 6.30. The molecule has 2 aromatic rings. The normalized spacial score (nSPS) is 18.9. The average molecular weight is 389 g/mol. The molecule has 27 heavy (non-hydrogen) atoms. The van der Waals surface area contributed by atoms with Crippen molar-refractivity contribution in [3.63, 3.8) is 0 Å². The Balaban J connectivity index is 0.00000261. The first-order valence-corrected chi connectivity index (χ1v) is 8.96. The Morgan fingerprint density at radius 2 is 1.74 bits per heavy atom. The quantitative estimate of drug-likeness (QED) is 0.747. The minimum absolute atomic E-state index is 0. The van der Waals surface area contributed by atoms with E-state index in [1.54, 1.807) is 36.4 Å². The SMILES string of the molecule is CC1CCNCC1NC(=O)COc1ccc(C(=O)c2ccccc2)cc1.Cl. The summed E-state index contributed by atoms with van der Waals surface area (Å²) in [4.78, 5) is 24.4. The first kappa shape index (κ1) is 20.9. The third kappa shape index (κ3) is 5.81. The van der Waals surface area contributed by atoms with E-state index >= 15 is 0 Å². The topological polar surface area (TPSA) is 67.4 Å². The van der Waals surface area contributed by atoms with E-state index < -0.39 is 0 Å². The van der Waals surface area contributed by atoms with E-state index in [1.807, 2.05) is 18.2 Å². The van der Waals surface area contributed by atoms with Gasteiger partial charge in [0.25, 0.3) is 5.91 Å². The van der Waals surface area contributed by atoms with Crippen molar-refractivity contribution in [2.24, 2.45) is 5.92 Å². The van der Waals surface area contributed by atoms with Crippen LogP contribution in [-0.4, -0.2) is 37.4 Å². The van der Waals surface area contributed by atoms with Crippen LogP contribution in [0, 0.1) is 5.92 Å². The van der Waals surface area contributed by atoms with Gasteiger partial charge in [-0.15, -0.1) is 12.4 Å². The molecule has 0 bridgehead atoms. The molecule has 1 heterocycles. The fourth-order valence-corrected chi connectivity index (χ4v) is 3.04. The van der Waals surface area contributed by atoms with Crippen molar-refractivity contribution < 1.29 is 14.3 Å². The second kappa shape index (κ2) is 10.1. The number of ketones is 1. The number of carbonyl (C=O) groups is 2. The molecule has 2 N–H and O–H groups in total. The van der Waals surface area contributed by atoms with Crippen LogP contribution in [-0.2, 0) is 4.79 Å². The van der Waals surface area contributed by atoms with Gasteiger partial charge in [-0.25, -0.2) is 0 Å². The number of hydrogen-bond acceptors (Lipinski definition) is 4. The van der Waals surface area contributed by atoms with Gasteiger partial charge in [0.2, 0.25) is 0 Å². The summed E-state index contributed by atoms with van der Waals surface area (Å²) in [6, 6.07) is 16.1. The molecule has 1 amide bonds. The molecular formula is C21H25ClN2O3. The fraction of sp³-hybridized carbons (Fsp3) is 0.333. The summed E-state index contributed by atoms with van der Waals surface area (Å²) < 4.78 is 5.54. The molecule has 1 fully saturated rings. The molecule has 0 aliphatic carbocycles. The average Bonchev–Trinajstić information content (AvgIpc) is 2.69. The molecular weight excluding hydrogens is 364 g/mol. The van der Waals surface area contributed by atoms with Gasteiger partial charge in [0.1, 0.15) is 5.75 Å². The van der Waals surface area contributed by atoms with Crippen LogP contribution in [0.1, 0.15) is 29.3 Å². The Bertz CT molecular complexity index is 750. The molecule has 1 aliphatic rings. The van der Waals surface area contributed by atoms with Crippen LogP contribution in [0.25, 0.3) is 0 Å². The first-order chi connectivity index (χ1) is 12.6. The molecule has 2 atom stereocenters. The molecule has 144 valence electrons. The third-order valence-corrected chi connectivity index (χ3v) is 4.70. The number of benzene rings is 2. The van der Waals surface area contributed by atoms with Gasteiger partial charge in [-0.1, -0.05) is 37.3 Å². The number of piperidine rings is 1. The third-order valence-electron chi connectivity index (χ3n) is 4.70. The van der Waals surface area contributed by atoms with Gasteiger partial charge >= 0.3 is 0 Å². The number of ether oxygens (including phenoxy) is 1. The van der Waals surface area contributed by atoms with Crippen LogP contribution in [0.2, 0.25) is 0 Å². The standard InChI is InChI=1S/C21H24N2O3.ClH/c1-15-11-12-22-13-19(15)23-20(24)14-26-18-9-7-17(8-10-18)21(25)16-5-3-2-4-6-16;/h2-10,15,19,22H,11-14H2,1H3,(H,23,24);1H. The zero-order valence-corrected chi connectivity index (χ0v) is 16.1. The van der Waals surface area contributed by atoms with E-state index in [1.165, 1.54) is 0 Å². The number of hydrogen-bond donors (Lipinski definition) is 2. The van der Waals surface area contributed by atoms with Crippen molar-refractivity contribution in [3.05, 3.63) is 65.7 Å². The zero-order chi connectivity index (χ0) is 18.4. The number of carbonyl (C=O) groups excluding carboxylic acids is 2. The molecule has 1 aliphatic heterocycles. The minimum Gasteiger partial charge on any atom is -0.484 e. The molecule has 2 aromatic carbocycles. The lowest BCUT2D eigenvalue weighted by Gasteiger charge is -2.30. The largest absolute Gasteiger partial charge is 0.484 e. The van der Waals surface area contributed by atoms with E-state index in [0.717, 1.165) is 19.5 Å². The molecule has 0 saturated carbocycles. The lowest BCUT2D eigenvalue weighted by atomic mass is 9.95. The molecule has 3 rings (SSSR count). The van der Waals surface area contributed by atoms with Gasteiger partial charge in [0.05, 0.1) is 0 Å². The number of nitrogens with one attached hydrogen (secondary N) is 2. The van der Waals surface area contributed by atoms with Crippen LogP contribution in [0.15, 0.2) is 54.6 Å². The summed E-state index contributed by atoms with van der Waals surface area (Å²) in [5.74, 6) is 0.867. The molecule has 0 aromatic heterocycles. The monoisotopic (exact) mass is 388 g/mol. The Kier molecular flexibility index (Phi) is 7.82. The maximum atomic E-state index is 12.4. The number of rotatable bonds is 6. The van der Waals surface area contributed by atoms with E-state index in [-0.39, 0.29) is 36.7 Å². The maximum absolute atomic E-state index is 12.4. The Hall–Kier alpha value is -2.37. The van der Waals surface area contributed by atoms with E-state index in [2.05, 4.69) is 17.6 Å². The van der Waals surface area contributed by atoms with Crippen LogP contribution < -0.4 is 15.4 Å². The van der Waals surface area contributed by atoms with Crippen molar-refractivity contribution >= 4 is 24.1 Å². The lowest BCUT2D eigenvalue weighted by Crippen LogP contribution is -2.51. The van der Waals surface area contributed by atoms with Gasteiger partial charge in [-0.2, -0.15) is 0 Å². The van der Waals surface area contributed by atoms with E-state index in [0.29, 0.717) is 22.8 Å². The summed E-state index contributed by atoms with van der Waals surface area (Å²) in [5.41, 5.74) is 1.24. The van der Waals surface area contributed by atoms with Crippen LogP contribution in [0.4, 0.5) is 0 Å². The van der Waals surface area contributed by atoms with Gasteiger partial charge in [0.15, 0.2) is 12.4 Å². The van der Waals surface area contributed by atoms with Crippen LogP contribution in [0.5, 0.6) is 5.75 Å². The second-order valence-electron chi connectivity index (χ2n) is 6.65. The fourth-order valence-electron chi connectivity index (χ4n) is 3.04. The predicted molar refractivity (Wildman–Crippen MR) is 108 cm³/mol. The smallest absolute Gasteiger partial charge is 0.258 e.